The van der Waals surface area contributed by atoms with Gasteiger partial charge in [0.25, 0.3) is 0 Å². The highest BCUT2D eigenvalue weighted by molar-refractivity contribution is 7.14. The number of methoxy groups -OCH3 is 1. The molecule has 0 saturated heterocycles. The SMILES string of the molecule is COC(=O)c1ccc(C2C(C#N)=C(C)N=C(C)C2C#N)s1. The van der Waals surface area contributed by atoms with E-state index in [0.717, 1.165) is 4.88 Å². The number of hydrogen-bond donors (Lipinski definition) is 0. The van der Waals surface area contributed by atoms with E-state index in [4.69, 9.17) is 4.74 Å². The van der Waals surface area contributed by atoms with E-state index in [0.29, 0.717) is 21.9 Å². The van der Waals surface area contributed by atoms with Crippen LogP contribution in [0.3, 0.4) is 0 Å². The monoisotopic (exact) mass is 299 g/mol. The number of carbonyl (C=O) groups excluding carboxylic acids is 1. The van der Waals surface area contributed by atoms with E-state index in [1.165, 1.54) is 18.4 Å². The molecule has 5 nitrogen and oxygen atoms in total. The van der Waals surface area contributed by atoms with Crippen LogP contribution in [-0.2, 0) is 4.74 Å². The summed E-state index contributed by atoms with van der Waals surface area (Å²) in [6.45, 7) is 3.55. The maximum atomic E-state index is 11.6. The number of allylic oxidation sites excluding steroid dienone is 2. The average Bonchev–Trinajstić information content (AvgIpc) is 2.95. The second-order valence-corrected chi connectivity index (χ2v) is 5.76. The first kappa shape index (κ1) is 15.0. The lowest BCUT2D eigenvalue weighted by Gasteiger charge is -2.25. The van der Waals surface area contributed by atoms with Crippen molar-refractivity contribution in [1.29, 1.82) is 10.5 Å². The van der Waals surface area contributed by atoms with Crippen molar-refractivity contribution in [3.05, 3.63) is 33.2 Å². The number of ether oxygens (including phenoxy) is 1. The topological polar surface area (TPSA) is 86.2 Å². The van der Waals surface area contributed by atoms with Gasteiger partial charge in [-0.25, -0.2) is 4.79 Å². The number of rotatable bonds is 2. The molecule has 1 aromatic heterocycles. The van der Waals surface area contributed by atoms with Crippen LogP contribution >= 0.6 is 11.3 Å². The fourth-order valence-electron chi connectivity index (χ4n) is 2.38. The molecule has 2 heterocycles. The average molecular weight is 299 g/mol. The first-order valence-electron chi connectivity index (χ1n) is 6.27. The fraction of sp³-hybridized carbons (Fsp3) is 0.333. The van der Waals surface area contributed by atoms with Crippen LogP contribution in [0.2, 0.25) is 0 Å². The molecule has 0 bridgehead atoms. The second kappa shape index (κ2) is 5.90. The molecule has 0 radical (unpaired) electrons. The van der Waals surface area contributed by atoms with E-state index in [9.17, 15) is 15.3 Å². The van der Waals surface area contributed by atoms with Crippen LogP contribution in [0.1, 0.15) is 34.3 Å². The van der Waals surface area contributed by atoms with E-state index in [2.05, 4.69) is 17.1 Å². The Hall–Kier alpha value is -2.44. The molecule has 21 heavy (non-hydrogen) atoms. The molecule has 0 spiro atoms. The van der Waals surface area contributed by atoms with E-state index >= 15 is 0 Å². The molecule has 2 unspecified atom stereocenters. The maximum Gasteiger partial charge on any atom is 0.348 e. The van der Waals surface area contributed by atoms with Gasteiger partial charge in [0.05, 0.1) is 42.4 Å². The third kappa shape index (κ3) is 2.58. The van der Waals surface area contributed by atoms with Gasteiger partial charge in [-0.15, -0.1) is 11.3 Å². The molecule has 1 aliphatic rings. The van der Waals surface area contributed by atoms with Crippen LogP contribution in [0, 0.1) is 28.6 Å². The van der Waals surface area contributed by atoms with Crippen molar-refractivity contribution in [3.63, 3.8) is 0 Å². The molecule has 0 aromatic carbocycles. The summed E-state index contributed by atoms with van der Waals surface area (Å²) in [6.07, 6.45) is 0. The van der Waals surface area contributed by atoms with Crippen molar-refractivity contribution in [2.45, 2.75) is 19.8 Å². The molecule has 0 aliphatic carbocycles. The van der Waals surface area contributed by atoms with Crippen molar-refractivity contribution >= 4 is 23.0 Å². The predicted molar refractivity (Wildman–Crippen MR) is 78.9 cm³/mol. The summed E-state index contributed by atoms with van der Waals surface area (Å²) >= 11 is 1.25. The van der Waals surface area contributed by atoms with E-state index < -0.39 is 11.9 Å². The van der Waals surface area contributed by atoms with Crippen LogP contribution in [0.5, 0.6) is 0 Å². The number of nitrogens with zero attached hydrogens (tertiary/aromatic N) is 3. The van der Waals surface area contributed by atoms with Gasteiger partial charge in [0.15, 0.2) is 0 Å². The van der Waals surface area contributed by atoms with Gasteiger partial charge in [-0.05, 0) is 26.0 Å². The summed E-state index contributed by atoms with van der Waals surface area (Å²) in [7, 11) is 1.32. The third-order valence-electron chi connectivity index (χ3n) is 3.41. The first-order valence-corrected chi connectivity index (χ1v) is 7.08. The molecule has 0 saturated carbocycles. The van der Waals surface area contributed by atoms with Gasteiger partial charge >= 0.3 is 5.97 Å². The third-order valence-corrected chi connectivity index (χ3v) is 4.56. The highest BCUT2D eigenvalue weighted by atomic mass is 32.1. The molecular weight excluding hydrogens is 286 g/mol. The number of esters is 1. The Morgan fingerprint density at radius 1 is 1.38 bits per heavy atom. The summed E-state index contributed by atoms with van der Waals surface area (Å²) in [4.78, 5) is 17.1. The van der Waals surface area contributed by atoms with E-state index in [1.807, 2.05) is 0 Å². The Kier molecular flexibility index (Phi) is 4.21. The quantitative estimate of drug-likeness (QED) is 0.785. The smallest absolute Gasteiger partial charge is 0.348 e. The Morgan fingerprint density at radius 2 is 2.10 bits per heavy atom. The van der Waals surface area contributed by atoms with E-state index in [-0.39, 0.29) is 5.92 Å². The molecule has 0 N–H and O–H groups in total. The minimum absolute atomic E-state index is 0.374. The maximum absolute atomic E-state index is 11.6. The normalized spacial score (nSPS) is 21.3. The predicted octanol–water partition coefficient (Wildman–Crippen LogP) is 3.03. The lowest BCUT2D eigenvalue weighted by molar-refractivity contribution is 0.0606. The first-order chi connectivity index (χ1) is 10.0. The lowest BCUT2D eigenvalue weighted by atomic mass is 9.80. The molecule has 0 amide bonds. The van der Waals surface area contributed by atoms with Crippen LogP contribution < -0.4 is 0 Å². The number of aliphatic imine (C=N–C) groups is 1. The second-order valence-electron chi connectivity index (χ2n) is 4.64. The van der Waals surface area contributed by atoms with Gasteiger partial charge < -0.3 is 4.74 Å². The minimum atomic E-state index is -0.493. The Balaban J connectivity index is 2.52. The Bertz CT molecular complexity index is 731. The van der Waals surface area contributed by atoms with Crippen LogP contribution in [-0.4, -0.2) is 18.8 Å². The number of hydrogen-bond acceptors (Lipinski definition) is 6. The number of thiophene rings is 1. The molecule has 106 valence electrons. The zero-order valence-electron chi connectivity index (χ0n) is 11.9. The fourth-order valence-corrected chi connectivity index (χ4v) is 3.46. The molecule has 2 rings (SSSR count). The van der Waals surface area contributed by atoms with Crippen molar-refractivity contribution in [1.82, 2.24) is 0 Å². The summed E-state index contributed by atoms with van der Waals surface area (Å²) < 4.78 is 4.69. The van der Waals surface area contributed by atoms with Crippen molar-refractivity contribution in [3.8, 4) is 12.1 Å². The van der Waals surface area contributed by atoms with Crippen molar-refractivity contribution in [2.75, 3.05) is 7.11 Å². The largest absolute Gasteiger partial charge is 0.465 e. The van der Waals surface area contributed by atoms with E-state index in [1.54, 1.807) is 26.0 Å². The molecule has 6 heteroatoms. The van der Waals surface area contributed by atoms with Gasteiger partial charge in [-0.1, -0.05) is 0 Å². The highest BCUT2D eigenvalue weighted by Gasteiger charge is 2.35. The number of nitriles is 2. The van der Waals surface area contributed by atoms with Gasteiger partial charge in [-0.3, -0.25) is 4.99 Å². The van der Waals surface area contributed by atoms with Gasteiger partial charge in [-0.2, -0.15) is 10.5 Å². The summed E-state index contributed by atoms with van der Waals surface area (Å²) in [6, 6.07) is 7.80. The van der Waals surface area contributed by atoms with Crippen LogP contribution in [0.15, 0.2) is 28.4 Å². The molecular formula is C15H13N3O2S. The molecule has 1 aromatic rings. The van der Waals surface area contributed by atoms with Crippen molar-refractivity contribution in [2.24, 2.45) is 10.9 Å². The summed E-state index contributed by atoms with van der Waals surface area (Å²) in [5.41, 5.74) is 1.79. The van der Waals surface area contributed by atoms with Crippen LogP contribution in [0.25, 0.3) is 0 Å². The molecule has 2 atom stereocenters. The minimum Gasteiger partial charge on any atom is -0.465 e. The lowest BCUT2D eigenvalue weighted by Crippen LogP contribution is -2.24. The molecule has 1 aliphatic heterocycles. The Labute approximate surface area is 126 Å². The molecule has 0 fully saturated rings. The number of carbonyl (C=O) groups is 1. The Morgan fingerprint density at radius 3 is 2.67 bits per heavy atom. The highest BCUT2D eigenvalue weighted by Crippen LogP contribution is 2.40. The van der Waals surface area contributed by atoms with Gasteiger partial charge in [0.1, 0.15) is 4.88 Å². The zero-order chi connectivity index (χ0) is 15.6. The van der Waals surface area contributed by atoms with Crippen molar-refractivity contribution < 1.29 is 9.53 Å². The van der Waals surface area contributed by atoms with Gasteiger partial charge in [0, 0.05) is 10.6 Å². The van der Waals surface area contributed by atoms with Gasteiger partial charge in [0.2, 0.25) is 0 Å². The zero-order valence-corrected chi connectivity index (χ0v) is 12.7. The van der Waals surface area contributed by atoms with Crippen LogP contribution in [0.4, 0.5) is 0 Å². The summed E-state index contributed by atoms with van der Waals surface area (Å²) in [5, 5.41) is 18.8. The summed E-state index contributed by atoms with van der Waals surface area (Å²) in [5.74, 6) is -1.28. The standard InChI is InChI=1S/C15H13N3O2S/c1-8-10(6-16)14(11(7-17)9(2)18-8)12-4-5-13(21-12)15(19)20-3/h4-5,10,14H,1-3H3.